The molecule has 1 aliphatic rings. The number of benzene rings is 2. The van der Waals surface area contributed by atoms with Crippen LogP contribution in [-0.4, -0.2) is 51.4 Å². The number of allylic oxidation sites excluding steroid dienone is 1. The molecule has 0 spiro atoms. The van der Waals surface area contributed by atoms with E-state index in [9.17, 15) is 18.0 Å². The van der Waals surface area contributed by atoms with Crippen LogP contribution in [0.5, 0.6) is 5.75 Å². The lowest BCUT2D eigenvalue weighted by Gasteiger charge is -2.24. The molecule has 0 saturated carbocycles. The van der Waals surface area contributed by atoms with Crippen LogP contribution in [0.15, 0.2) is 64.2 Å². The molecular weight excluding hydrogens is 495 g/mol. The van der Waals surface area contributed by atoms with Crippen molar-refractivity contribution in [2.24, 2.45) is 15.7 Å². The Morgan fingerprint density at radius 2 is 1.92 bits per heavy atom. The molecule has 0 aliphatic carbocycles. The maximum Gasteiger partial charge on any atom is 0.419 e. The van der Waals surface area contributed by atoms with E-state index in [1.54, 1.807) is 31.4 Å². The zero-order valence-corrected chi connectivity index (χ0v) is 21.5. The molecule has 1 fully saturated rings. The number of carbonyl (C=O) groups excluding carboxylic acids is 1. The van der Waals surface area contributed by atoms with Gasteiger partial charge in [-0.3, -0.25) is 14.8 Å². The first kappa shape index (κ1) is 28.9. The highest BCUT2D eigenvalue weighted by Crippen LogP contribution is 2.33. The number of methoxy groups -OCH3 is 1. The van der Waals surface area contributed by atoms with E-state index in [1.165, 1.54) is 5.56 Å². The molecule has 1 aliphatic heterocycles. The molecule has 2 aromatic carbocycles. The number of amides is 1. The second-order valence-corrected chi connectivity index (χ2v) is 9.06. The molecule has 4 N–H and O–H groups in total. The van der Waals surface area contributed by atoms with Crippen LogP contribution in [0.25, 0.3) is 0 Å². The Hall–Kier alpha value is -3.66. The van der Waals surface area contributed by atoms with E-state index in [-0.39, 0.29) is 31.6 Å². The Kier molecular flexibility index (Phi) is 10.5. The van der Waals surface area contributed by atoms with Crippen LogP contribution in [0.1, 0.15) is 41.9 Å². The Morgan fingerprint density at radius 3 is 2.55 bits per heavy atom. The van der Waals surface area contributed by atoms with Gasteiger partial charge >= 0.3 is 6.18 Å². The lowest BCUT2D eigenvalue weighted by atomic mass is 9.90. The number of hydrogen-bond acceptors (Lipinski definition) is 6. The largest absolute Gasteiger partial charge is 0.495 e. The summed E-state index contributed by atoms with van der Waals surface area (Å²) >= 11 is 0. The number of nitrogens with two attached hydrogens (primary N) is 1. The van der Waals surface area contributed by atoms with Crippen molar-refractivity contribution in [3.8, 4) is 5.75 Å². The Morgan fingerprint density at radius 1 is 1.21 bits per heavy atom. The number of carbonyl (C=O) groups is 1. The molecule has 204 valence electrons. The average molecular weight is 530 g/mol. The molecular formula is C28H34F3N5O2. The van der Waals surface area contributed by atoms with Crippen LogP contribution >= 0.6 is 0 Å². The predicted molar refractivity (Wildman–Crippen MR) is 145 cm³/mol. The van der Waals surface area contributed by atoms with Crippen molar-refractivity contribution in [3.05, 3.63) is 70.9 Å². The number of nitrogens with zero attached hydrogens (tertiary/aromatic N) is 2. The van der Waals surface area contributed by atoms with Gasteiger partial charge in [-0.05, 0) is 80.2 Å². The molecule has 7 nitrogen and oxygen atoms in total. The van der Waals surface area contributed by atoms with Gasteiger partial charge in [-0.2, -0.15) is 13.2 Å². The van der Waals surface area contributed by atoms with Crippen molar-refractivity contribution in [1.82, 2.24) is 5.32 Å². The molecule has 2 aromatic rings. The maximum atomic E-state index is 13.9. The van der Waals surface area contributed by atoms with Gasteiger partial charge in [0.05, 0.1) is 30.5 Å². The topological polar surface area (TPSA) is 101 Å². The fourth-order valence-corrected chi connectivity index (χ4v) is 4.60. The summed E-state index contributed by atoms with van der Waals surface area (Å²) in [6.45, 7) is 5.01. The van der Waals surface area contributed by atoms with Crippen molar-refractivity contribution in [1.29, 1.82) is 0 Å². The number of aliphatic imine (C=N–C) groups is 2. The number of primary amides is 1. The minimum absolute atomic E-state index is 0.00748. The van der Waals surface area contributed by atoms with Crippen LogP contribution in [0, 0.1) is 0 Å². The fraction of sp³-hybridized carbons (Fsp3) is 0.393. The second-order valence-electron chi connectivity index (χ2n) is 9.06. The minimum atomic E-state index is -4.67. The number of nitrogens with one attached hydrogen (secondary N) is 2. The number of aryl methyl sites for hydroxylation is 1. The van der Waals surface area contributed by atoms with Crippen molar-refractivity contribution in [2.45, 2.75) is 44.2 Å². The minimum Gasteiger partial charge on any atom is -0.495 e. The van der Waals surface area contributed by atoms with E-state index in [0.717, 1.165) is 31.5 Å². The van der Waals surface area contributed by atoms with Gasteiger partial charge in [-0.25, -0.2) is 0 Å². The van der Waals surface area contributed by atoms with Crippen molar-refractivity contribution < 1.29 is 22.7 Å². The Balaban J connectivity index is 1.81. The van der Waals surface area contributed by atoms with Gasteiger partial charge in [0.2, 0.25) is 5.91 Å². The number of hydrogen-bond donors (Lipinski definition) is 3. The molecule has 0 bridgehead atoms. The zero-order valence-electron chi connectivity index (χ0n) is 21.5. The zero-order chi connectivity index (χ0) is 27.5. The third-order valence-corrected chi connectivity index (χ3v) is 6.53. The highest BCUT2D eigenvalue weighted by molar-refractivity contribution is 6.01. The summed E-state index contributed by atoms with van der Waals surface area (Å²) in [6.07, 6.45) is -1.69. The van der Waals surface area contributed by atoms with Gasteiger partial charge < -0.3 is 21.1 Å². The van der Waals surface area contributed by atoms with E-state index in [4.69, 9.17) is 10.5 Å². The van der Waals surface area contributed by atoms with Gasteiger partial charge in [-0.15, -0.1) is 0 Å². The normalized spacial score (nSPS) is 15.3. The molecule has 1 amide bonds. The lowest BCUT2D eigenvalue weighted by Crippen LogP contribution is -2.26. The molecule has 3 rings (SSSR count). The van der Waals surface area contributed by atoms with Crippen LogP contribution in [-0.2, 0) is 17.6 Å². The first-order valence-electron chi connectivity index (χ1n) is 12.5. The summed E-state index contributed by atoms with van der Waals surface area (Å²) in [7, 11) is 1.56. The molecule has 0 unspecified atom stereocenters. The number of rotatable bonds is 12. The molecule has 1 heterocycles. The van der Waals surface area contributed by atoms with E-state index in [1.807, 2.05) is 18.2 Å². The molecule has 1 saturated heterocycles. The molecule has 10 heteroatoms. The number of piperidine rings is 1. The lowest BCUT2D eigenvalue weighted by molar-refractivity contribution is -0.117. The van der Waals surface area contributed by atoms with E-state index >= 15 is 0 Å². The van der Waals surface area contributed by atoms with Crippen LogP contribution in [0.2, 0.25) is 0 Å². The van der Waals surface area contributed by atoms with Gasteiger partial charge in [0.25, 0.3) is 0 Å². The van der Waals surface area contributed by atoms with E-state index in [2.05, 4.69) is 27.3 Å². The van der Waals surface area contributed by atoms with Crippen LogP contribution in [0.3, 0.4) is 0 Å². The van der Waals surface area contributed by atoms with Crippen molar-refractivity contribution in [3.63, 3.8) is 0 Å². The first-order chi connectivity index (χ1) is 18.2. The number of ether oxygens (including phenoxy) is 1. The monoisotopic (exact) mass is 529 g/mol. The summed E-state index contributed by atoms with van der Waals surface area (Å²) in [5.74, 6) is 0.534. The van der Waals surface area contributed by atoms with Crippen molar-refractivity contribution in [2.75, 3.05) is 32.2 Å². The third kappa shape index (κ3) is 8.17. The smallest absolute Gasteiger partial charge is 0.419 e. The van der Waals surface area contributed by atoms with Crippen LogP contribution < -0.4 is 21.1 Å². The van der Waals surface area contributed by atoms with Gasteiger partial charge in [0.15, 0.2) is 0 Å². The SMILES string of the molecule is C=N/C=C(\C(CCc1ccccc1CC(N)=O)=N/CNc1ccc(C2CCNCC2)cc1OC)C(F)(F)F. The Labute approximate surface area is 221 Å². The summed E-state index contributed by atoms with van der Waals surface area (Å²) < 4.78 is 47.2. The molecule has 0 atom stereocenters. The summed E-state index contributed by atoms with van der Waals surface area (Å²) in [6, 6.07) is 12.9. The third-order valence-electron chi connectivity index (χ3n) is 6.53. The molecule has 38 heavy (non-hydrogen) atoms. The number of halogens is 3. The standard InChI is InChI=1S/C28H34F3N5O2/c1-33-17-23(28(29,30)31)24(9-7-19-5-3-4-6-21(19)16-27(32)37)35-18-36-25-10-8-22(15-26(25)38-2)20-11-13-34-14-12-20/h3-6,8,10,15,17,20,34,36H,1,7,9,11-14,16,18H2,2H3,(H2,32,37)/b23-17+,35-24-. The van der Waals surface area contributed by atoms with E-state index < -0.39 is 17.7 Å². The molecule has 0 aromatic heterocycles. The average Bonchev–Trinajstić information content (AvgIpc) is 2.90. The van der Waals surface area contributed by atoms with Crippen molar-refractivity contribution >= 4 is 24.0 Å². The van der Waals surface area contributed by atoms with Crippen LogP contribution in [0.4, 0.5) is 18.9 Å². The van der Waals surface area contributed by atoms with Gasteiger partial charge in [0.1, 0.15) is 12.4 Å². The first-order valence-corrected chi connectivity index (χ1v) is 12.5. The highest BCUT2D eigenvalue weighted by atomic mass is 19.4. The number of anilines is 1. The van der Waals surface area contributed by atoms with E-state index in [0.29, 0.717) is 29.1 Å². The summed E-state index contributed by atoms with van der Waals surface area (Å²) in [5.41, 5.74) is 7.42. The Bertz CT molecular complexity index is 1170. The molecule has 0 radical (unpaired) electrons. The summed E-state index contributed by atoms with van der Waals surface area (Å²) in [4.78, 5) is 19.1. The number of alkyl halides is 3. The van der Waals surface area contributed by atoms with Gasteiger partial charge in [0, 0.05) is 6.20 Å². The highest BCUT2D eigenvalue weighted by Gasteiger charge is 2.36. The maximum absolute atomic E-state index is 13.9. The predicted octanol–water partition coefficient (Wildman–Crippen LogP) is 4.78. The van der Waals surface area contributed by atoms with Gasteiger partial charge in [-0.1, -0.05) is 30.3 Å². The quantitative estimate of drug-likeness (QED) is 0.345. The second kappa shape index (κ2) is 13.8. The fourth-order valence-electron chi connectivity index (χ4n) is 4.60. The summed E-state index contributed by atoms with van der Waals surface area (Å²) in [5, 5.41) is 6.43.